The smallest absolute Gasteiger partial charge is 0.342 e. The molecule has 41 nitrogen and oxygen atoms in total. The molecule has 3 aromatic carbocycles. The standard InChI is InChI=1S/C24H32N7O5P.C24H34N7O5P.C22H30N7O5P.C7H13NO2.2C3H9N.3ClH/c1-3-12-26-21-20-22(29-24(25)28-21)31(15-27-20)13-14-34-16-37(33,36-19-8-5-4-6-9-19)30-17(2)23(32)35-18-10-7-11-18;1-4-6-14-35-23(32)18(3)30-37(33,36-19-10-8-7-9-11-19)17-34-15-13-31-16-27-20-21(26-12-5-2)28-24(25)29-22(20)31;1-4-11-24-19-18-20(27-22(23)26-19)29(14-25-18)12-13-32-15-35(31,28-16(3)21(30)33-5-2)34-17-9-7-6-8-10-17;1-5(8)7(9)10-6-3-2-4-6;2*1-3(2)4;;;/h3-6,8-9,15,17-18H,1,7,10-14,16H2,2H3,(H,30,33)(H3,25,26,28,29);5,7-11,16,18H,2,4,6,12-15,17H2,1,3H3,(H,30,33)(H3,25,26,28,29);4,6-10,14,16H,1,5,11-13,15H2,2-3H3,(H,28,31)(H3,23,24,26,27);5-6H,2-4,8H2,1H3;2*3H,4H2,1-2H3;3*1H/t17-,37?;18-,37?;16-,35?;5-;;;;;/m0000...../s1. The minimum atomic E-state index is -3.64. The van der Waals surface area contributed by atoms with Gasteiger partial charge in [0.15, 0.2) is 50.9 Å². The molecule has 2 saturated carbocycles. The van der Waals surface area contributed by atoms with Crippen molar-refractivity contribution in [2.45, 2.75) is 189 Å². The third-order valence-corrected chi connectivity index (χ3v) is 22.6. The molecule has 47 heteroatoms. The Labute approximate surface area is 777 Å². The van der Waals surface area contributed by atoms with E-state index in [4.69, 9.17) is 81.1 Å². The number of nitrogen functional groups attached to an aromatic ring is 3. The number of carbonyl (C=O) groups is 4. The average Bonchev–Trinajstić information content (AvgIpc) is 1.66. The van der Waals surface area contributed by atoms with Crippen LogP contribution < -0.4 is 79.2 Å². The molecule has 3 unspecified atom stereocenters. The lowest BCUT2D eigenvalue weighted by molar-refractivity contribution is -0.155. The maximum atomic E-state index is 13.7. The Morgan fingerprint density at radius 3 is 1.01 bits per heavy atom. The minimum Gasteiger partial charge on any atom is -0.465 e. The molecule has 7 atom stereocenters. The molecule has 11 rings (SSSR count). The predicted octanol–water partition coefficient (Wildman–Crippen LogP) is 12.1. The first-order valence-corrected chi connectivity index (χ1v) is 47.2. The third-order valence-electron chi connectivity index (χ3n) is 17.2. The average molecular weight is 1940 g/mol. The second kappa shape index (κ2) is 60.0. The second-order valence-electron chi connectivity index (χ2n) is 29.6. The van der Waals surface area contributed by atoms with E-state index in [2.05, 4.69) is 95.8 Å². The van der Waals surface area contributed by atoms with E-state index in [1.54, 1.807) is 158 Å². The molecular formula is C83H130Cl3N24O17P3. The number of halogens is 3. The highest BCUT2D eigenvalue weighted by Crippen LogP contribution is 2.46. The summed E-state index contributed by atoms with van der Waals surface area (Å²) in [4.78, 5) is 86.1. The molecule has 6 heterocycles. The number of ether oxygens (including phenoxy) is 7. The van der Waals surface area contributed by atoms with Crippen LogP contribution in [-0.4, -0.2) is 203 Å². The van der Waals surface area contributed by atoms with E-state index >= 15 is 0 Å². The number of fused-ring (bicyclic) bond motifs is 3. The number of hydrogen-bond acceptors (Lipinski definition) is 35. The normalized spacial score (nSPS) is 14.3. The number of unbranched alkanes of at least 4 members (excludes halogenated alkanes) is 1. The first-order valence-electron chi connectivity index (χ1n) is 41.8. The van der Waals surface area contributed by atoms with Crippen molar-refractivity contribution in [1.29, 1.82) is 0 Å². The third kappa shape index (κ3) is 40.7. The lowest BCUT2D eigenvalue weighted by Crippen LogP contribution is -2.38. The van der Waals surface area contributed by atoms with Crippen molar-refractivity contribution >= 4 is 152 Å². The molecular weight excluding hydrogens is 1800 g/mol. The van der Waals surface area contributed by atoms with E-state index in [9.17, 15) is 32.9 Å². The maximum Gasteiger partial charge on any atom is 0.342 e. The molecule has 2 aliphatic rings. The van der Waals surface area contributed by atoms with Gasteiger partial charge >= 0.3 is 46.4 Å². The molecule has 720 valence electrons. The molecule has 130 heavy (non-hydrogen) atoms. The predicted molar refractivity (Wildman–Crippen MR) is 514 cm³/mol. The maximum absolute atomic E-state index is 13.7. The summed E-state index contributed by atoms with van der Waals surface area (Å²) in [5.41, 5.74) is 36.4. The van der Waals surface area contributed by atoms with Crippen LogP contribution in [0.4, 0.5) is 35.3 Å². The highest BCUT2D eigenvalue weighted by atomic mass is 35.5. The number of anilines is 6. The first kappa shape index (κ1) is 114. The zero-order valence-electron chi connectivity index (χ0n) is 75.3. The van der Waals surface area contributed by atoms with Crippen molar-refractivity contribution in [3.8, 4) is 17.2 Å². The van der Waals surface area contributed by atoms with Crippen LogP contribution in [-0.2, 0) is 85.7 Å². The van der Waals surface area contributed by atoms with Crippen molar-refractivity contribution in [2.24, 2.45) is 17.2 Å². The summed E-state index contributed by atoms with van der Waals surface area (Å²) >= 11 is 0. The number of nitrogens with one attached hydrogen (secondary N) is 6. The number of aromatic nitrogens is 12. The fourth-order valence-corrected chi connectivity index (χ4v) is 15.9. The second-order valence-corrected chi connectivity index (χ2v) is 35.7. The first-order chi connectivity index (χ1) is 60.7. The number of nitrogens with zero attached hydrogens (tertiary/aromatic N) is 12. The summed E-state index contributed by atoms with van der Waals surface area (Å²) in [6.07, 6.45) is 16.8. The number of esters is 4. The molecule has 0 bridgehead atoms. The van der Waals surface area contributed by atoms with Crippen LogP contribution >= 0.6 is 59.8 Å². The van der Waals surface area contributed by atoms with Gasteiger partial charge in [0.25, 0.3) is 0 Å². The van der Waals surface area contributed by atoms with Crippen LogP contribution in [0.25, 0.3) is 33.5 Å². The van der Waals surface area contributed by atoms with E-state index in [1.165, 1.54) is 6.42 Å². The number of imidazole rings is 3. The summed E-state index contributed by atoms with van der Waals surface area (Å²) in [6.45, 7) is 32.5. The summed E-state index contributed by atoms with van der Waals surface area (Å²) in [7, 11) is -10.9. The quantitative estimate of drug-likeness (QED) is 0.00554. The Bertz CT molecular complexity index is 5020. The summed E-state index contributed by atoms with van der Waals surface area (Å²) in [5.74, 6) is 1.22. The van der Waals surface area contributed by atoms with Gasteiger partial charge in [-0.3, -0.25) is 32.9 Å². The van der Waals surface area contributed by atoms with Crippen molar-refractivity contribution in [3.05, 3.63) is 148 Å². The Hall–Kier alpha value is -10.2. The molecule has 0 spiro atoms. The molecule has 18 N–H and O–H groups in total. The summed E-state index contributed by atoms with van der Waals surface area (Å²) in [5, 5.41) is 17.6. The van der Waals surface area contributed by atoms with Gasteiger partial charge in [0.1, 0.15) is 72.7 Å². The molecule has 2 fully saturated rings. The van der Waals surface area contributed by atoms with Gasteiger partial charge in [-0.25, -0.2) is 30.2 Å². The molecule has 0 amide bonds. The molecule has 2 aliphatic carbocycles. The Morgan fingerprint density at radius 2 is 0.738 bits per heavy atom. The lowest BCUT2D eigenvalue weighted by atomic mass is 9.96. The number of para-hydroxylation sites is 3. The van der Waals surface area contributed by atoms with Crippen molar-refractivity contribution in [2.75, 3.05) is 105 Å². The summed E-state index contributed by atoms with van der Waals surface area (Å²) < 4.78 is 101. The zero-order valence-corrected chi connectivity index (χ0v) is 80.4. The van der Waals surface area contributed by atoms with Crippen LogP contribution in [0.3, 0.4) is 0 Å². The van der Waals surface area contributed by atoms with Crippen LogP contribution in [0.5, 0.6) is 17.2 Å². The molecule has 9 aromatic rings. The van der Waals surface area contributed by atoms with E-state index in [0.717, 1.165) is 44.9 Å². The fourth-order valence-electron chi connectivity index (χ4n) is 10.8. The Balaban J connectivity index is 0.000000452. The lowest BCUT2D eigenvalue weighted by Gasteiger charge is -2.28. The zero-order chi connectivity index (χ0) is 92.9. The Kier molecular flexibility index (Phi) is 52.6. The number of nitrogens with two attached hydrogens (primary N) is 6. The van der Waals surface area contributed by atoms with Crippen molar-refractivity contribution in [1.82, 2.24) is 73.8 Å². The van der Waals surface area contributed by atoms with E-state index < -0.39 is 64.6 Å². The van der Waals surface area contributed by atoms with E-state index in [1.807, 2.05) is 52.8 Å². The highest BCUT2D eigenvalue weighted by Gasteiger charge is 2.36. The monoisotopic (exact) mass is 1930 g/mol. The van der Waals surface area contributed by atoms with E-state index in [0.29, 0.717) is 126 Å². The van der Waals surface area contributed by atoms with Gasteiger partial charge in [-0.05, 0) is 128 Å². The highest BCUT2D eigenvalue weighted by molar-refractivity contribution is 7.57. The molecule has 6 aromatic heterocycles. The Morgan fingerprint density at radius 1 is 0.446 bits per heavy atom. The topological polar surface area (TPSA) is 571 Å². The summed E-state index contributed by atoms with van der Waals surface area (Å²) in [6, 6.07) is 23.7. The van der Waals surface area contributed by atoms with Gasteiger partial charge in [-0.15, -0.1) is 57.0 Å². The van der Waals surface area contributed by atoms with E-state index in [-0.39, 0.29) is 119 Å². The number of carbonyl (C=O) groups excluding carboxylic acids is 4. The van der Waals surface area contributed by atoms with Crippen molar-refractivity contribution < 1.29 is 79.6 Å². The van der Waals surface area contributed by atoms with Gasteiger partial charge < -0.3 is 111 Å². The van der Waals surface area contributed by atoms with Gasteiger partial charge in [-0.1, -0.05) is 114 Å². The molecule has 0 saturated heterocycles. The van der Waals surface area contributed by atoms with Gasteiger partial charge in [0.05, 0.1) is 52.0 Å². The van der Waals surface area contributed by atoms with Gasteiger partial charge in [-0.2, -0.15) is 29.9 Å². The number of benzene rings is 3. The minimum absolute atomic E-state index is 0. The molecule has 0 aliphatic heterocycles. The van der Waals surface area contributed by atoms with Gasteiger partial charge in [0, 0.05) is 39.3 Å². The van der Waals surface area contributed by atoms with Crippen LogP contribution in [0, 0.1) is 0 Å². The largest absolute Gasteiger partial charge is 0.465 e. The fraction of sp³-hybridized carbons (Fsp3) is 0.482. The number of rotatable bonds is 46. The van der Waals surface area contributed by atoms with Gasteiger partial charge in [0.2, 0.25) is 17.8 Å². The SMILES string of the molecule is C=CCNc1nc(N)nc2c1ncn2CCOCP(=O)(N[C@@H](C)C(=O)OC1CCC1)Oc1ccccc1.C=CCNc1nc(N)nc2c1ncn2CCOCP(=O)(N[C@@H](C)C(=O)OCC)Oc1ccccc1.C=CCNc1nc(N)nc2c1ncn2CCOCP(=O)(N[C@@H](C)C(=O)OCCCC)Oc1ccccc1.CC(C)N.CC(C)N.C[C@H](N)C(=O)OC1CCC1.Cl.Cl.Cl. The van der Waals surface area contributed by atoms with Crippen molar-refractivity contribution in [3.63, 3.8) is 0 Å². The number of hydrogen-bond donors (Lipinski definition) is 12. The van der Waals surface area contributed by atoms with Crippen LogP contribution in [0.15, 0.2) is 148 Å². The van der Waals surface area contributed by atoms with Crippen LogP contribution in [0.1, 0.15) is 121 Å². The molecule has 0 radical (unpaired) electrons. The van der Waals surface area contributed by atoms with Crippen LogP contribution in [0.2, 0.25) is 0 Å².